The SMILES string of the molecule is CC.COC(=O)c1ccnc(N2CCC(C(=O)N3N=CCC3c3ccccc3)CC2)n1. The first kappa shape index (κ1) is 22.4. The number of piperidine rings is 1. The van der Waals surface area contributed by atoms with Gasteiger partial charge in [0.15, 0.2) is 5.69 Å². The predicted octanol–water partition coefficient (Wildman–Crippen LogP) is 3.47. The van der Waals surface area contributed by atoms with Gasteiger partial charge in [-0.2, -0.15) is 5.10 Å². The van der Waals surface area contributed by atoms with Gasteiger partial charge in [0.2, 0.25) is 11.9 Å². The molecular weight excluding hydrogens is 394 g/mol. The number of hydrogen-bond donors (Lipinski definition) is 0. The van der Waals surface area contributed by atoms with E-state index in [-0.39, 0.29) is 23.6 Å². The highest BCUT2D eigenvalue weighted by Gasteiger charge is 2.35. The minimum absolute atomic E-state index is 0.0261. The van der Waals surface area contributed by atoms with Crippen LogP contribution in [-0.2, 0) is 9.53 Å². The number of anilines is 1. The third-order valence-electron chi connectivity index (χ3n) is 5.40. The number of nitrogens with zero attached hydrogens (tertiary/aromatic N) is 5. The lowest BCUT2D eigenvalue weighted by Crippen LogP contribution is -2.41. The summed E-state index contributed by atoms with van der Waals surface area (Å²) in [6.45, 7) is 5.29. The van der Waals surface area contributed by atoms with Gasteiger partial charge >= 0.3 is 5.97 Å². The molecule has 3 heterocycles. The Labute approximate surface area is 182 Å². The number of carbonyl (C=O) groups is 2. The highest BCUT2D eigenvalue weighted by molar-refractivity contribution is 5.87. The van der Waals surface area contributed by atoms with Gasteiger partial charge in [-0.3, -0.25) is 4.79 Å². The van der Waals surface area contributed by atoms with Crippen LogP contribution in [0.25, 0.3) is 0 Å². The average Bonchev–Trinajstić information content (AvgIpc) is 3.35. The van der Waals surface area contributed by atoms with Gasteiger partial charge in [-0.05, 0) is 24.5 Å². The number of ether oxygens (including phenoxy) is 1. The fourth-order valence-corrected chi connectivity index (χ4v) is 3.81. The van der Waals surface area contributed by atoms with Crippen LogP contribution in [0.15, 0.2) is 47.7 Å². The first-order chi connectivity index (χ1) is 15.2. The Balaban J connectivity index is 0.00000132. The summed E-state index contributed by atoms with van der Waals surface area (Å²) in [5.41, 5.74) is 1.33. The smallest absolute Gasteiger partial charge is 0.356 e. The molecule has 0 radical (unpaired) electrons. The number of benzene rings is 1. The van der Waals surface area contributed by atoms with Gasteiger partial charge in [-0.1, -0.05) is 44.2 Å². The van der Waals surface area contributed by atoms with Crippen molar-refractivity contribution in [3.05, 3.63) is 53.9 Å². The summed E-state index contributed by atoms with van der Waals surface area (Å²) in [5.74, 6) is -0.0225. The molecule has 31 heavy (non-hydrogen) atoms. The maximum atomic E-state index is 13.1. The molecule has 0 N–H and O–H groups in total. The average molecular weight is 424 g/mol. The minimum atomic E-state index is -0.488. The Bertz CT molecular complexity index is 910. The predicted molar refractivity (Wildman–Crippen MR) is 119 cm³/mol. The Morgan fingerprint density at radius 3 is 2.45 bits per heavy atom. The molecule has 1 saturated heterocycles. The van der Waals surface area contributed by atoms with Crippen LogP contribution in [0.3, 0.4) is 0 Å². The van der Waals surface area contributed by atoms with Gasteiger partial charge in [0.05, 0.1) is 13.2 Å². The van der Waals surface area contributed by atoms with Crippen molar-refractivity contribution in [3.63, 3.8) is 0 Å². The lowest BCUT2D eigenvalue weighted by atomic mass is 9.94. The van der Waals surface area contributed by atoms with Crippen LogP contribution in [0.5, 0.6) is 0 Å². The van der Waals surface area contributed by atoms with Crippen molar-refractivity contribution in [2.75, 3.05) is 25.1 Å². The number of esters is 1. The molecule has 2 aliphatic rings. The third-order valence-corrected chi connectivity index (χ3v) is 5.40. The van der Waals surface area contributed by atoms with Crippen molar-refractivity contribution >= 4 is 24.0 Å². The summed E-state index contributed by atoms with van der Waals surface area (Å²) in [6.07, 6.45) is 5.49. The lowest BCUT2D eigenvalue weighted by molar-refractivity contribution is -0.138. The number of aromatic nitrogens is 2. The molecule has 0 aliphatic carbocycles. The Hall–Kier alpha value is -3.29. The summed E-state index contributed by atoms with van der Waals surface area (Å²) in [6, 6.07) is 11.5. The van der Waals surface area contributed by atoms with E-state index in [2.05, 4.69) is 15.1 Å². The number of methoxy groups -OCH3 is 1. The number of hydrogen-bond acceptors (Lipinski definition) is 7. The largest absolute Gasteiger partial charge is 0.464 e. The molecule has 0 saturated carbocycles. The summed E-state index contributed by atoms with van der Waals surface area (Å²) >= 11 is 0. The van der Waals surface area contributed by atoms with Gasteiger partial charge < -0.3 is 9.64 Å². The second-order valence-corrected chi connectivity index (χ2v) is 7.14. The highest BCUT2D eigenvalue weighted by atomic mass is 16.5. The van der Waals surface area contributed by atoms with Crippen LogP contribution in [-0.4, -0.2) is 53.3 Å². The van der Waals surface area contributed by atoms with Gasteiger partial charge in [0, 0.05) is 37.8 Å². The minimum Gasteiger partial charge on any atom is -0.464 e. The van der Waals surface area contributed by atoms with Gasteiger partial charge in [0.25, 0.3) is 0 Å². The number of hydrazone groups is 1. The van der Waals surface area contributed by atoms with Crippen LogP contribution in [0.4, 0.5) is 5.95 Å². The van der Waals surface area contributed by atoms with Crippen LogP contribution in [0.1, 0.15) is 55.2 Å². The van der Waals surface area contributed by atoms with E-state index in [4.69, 9.17) is 4.74 Å². The standard InChI is InChI=1S/C21H23N5O3.C2H6/c1-29-20(28)17-7-11-22-21(24-17)25-13-9-16(10-14-25)19(27)26-18(8-12-23-26)15-5-3-2-4-6-15;1-2/h2-7,11-12,16,18H,8-10,13-14H2,1H3;1-2H3. The monoisotopic (exact) mass is 423 g/mol. The third kappa shape index (κ3) is 5.07. The molecule has 8 heteroatoms. The number of carbonyl (C=O) groups excluding carboxylic acids is 2. The topological polar surface area (TPSA) is 88.0 Å². The van der Waals surface area contributed by atoms with Crippen molar-refractivity contribution in [3.8, 4) is 0 Å². The first-order valence-electron chi connectivity index (χ1n) is 10.7. The summed E-state index contributed by atoms with van der Waals surface area (Å²) in [4.78, 5) is 35.4. The molecule has 4 rings (SSSR count). The number of amides is 1. The molecule has 8 nitrogen and oxygen atoms in total. The van der Waals surface area contributed by atoms with Crippen molar-refractivity contribution in [1.29, 1.82) is 0 Å². The molecule has 164 valence electrons. The molecule has 1 amide bonds. The molecular formula is C23H29N5O3. The summed E-state index contributed by atoms with van der Waals surface area (Å²) in [7, 11) is 1.32. The van der Waals surface area contributed by atoms with Crippen molar-refractivity contribution in [2.24, 2.45) is 11.0 Å². The van der Waals surface area contributed by atoms with Crippen molar-refractivity contribution in [1.82, 2.24) is 15.0 Å². The van der Waals surface area contributed by atoms with Gasteiger partial charge in [-0.15, -0.1) is 0 Å². The van der Waals surface area contributed by atoms with E-state index in [1.54, 1.807) is 11.2 Å². The van der Waals surface area contributed by atoms with E-state index in [9.17, 15) is 9.59 Å². The fourth-order valence-electron chi connectivity index (χ4n) is 3.81. The van der Waals surface area contributed by atoms with Crippen LogP contribution in [0, 0.1) is 5.92 Å². The summed E-state index contributed by atoms with van der Waals surface area (Å²) in [5, 5.41) is 6.00. The lowest BCUT2D eigenvalue weighted by Gasteiger charge is -2.33. The van der Waals surface area contributed by atoms with E-state index in [1.165, 1.54) is 13.2 Å². The molecule has 1 aromatic carbocycles. The zero-order valence-electron chi connectivity index (χ0n) is 18.3. The molecule has 1 aromatic heterocycles. The van der Waals surface area contributed by atoms with E-state index in [0.717, 1.165) is 12.0 Å². The molecule has 2 aromatic rings. The van der Waals surface area contributed by atoms with Crippen LogP contribution < -0.4 is 4.90 Å². The molecule has 2 aliphatic heterocycles. The van der Waals surface area contributed by atoms with Gasteiger partial charge in [0.1, 0.15) is 0 Å². The summed E-state index contributed by atoms with van der Waals surface area (Å²) < 4.78 is 4.72. The fraction of sp³-hybridized carbons (Fsp3) is 0.435. The second kappa shape index (κ2) is 10.7. The molecule has 1 atom stereocenters. The maximum absolute atomic E-state index is 13.1. The van der Waals surface area contributed by atoms with Crippen molar-refractivity contribution in [2.45, 2.75) is 39.2 Å². The van der Waals surface area contributed by atoms with Crippen LogP contribution in [0.2, 0.25) is 0 Å². The van der Waals surface area contributed by atoms with Crippen molar-refractivity contribution < 1.29 is 14.3 Å². The Kier molecular flexibility index (Phi) is 7.70. The Morgan fingerprint density at radius 1 is 1.06 bits per heavy atom. The zero-order chi connectivity index (χ0) is 22.2. The normalized spacial score (nSPS) is 18.4. The van der Waals surface area contributed by atoms with E-state index in [0.29, 0.717) is 31.9 Å². The number of rotatable bonds is 4. The molecule has 1 unspecified atom stereocenters. The molecule has 0 bridgehead atoms. The quantitative estimate of drug-likeness (QED) is 0.700. The maximum Gasteiger partial charge on any atom is 0.356 e. The molecule has 0 spiro atoms. The zero-order valence-corrected chi connectivity index (χ0v) is 18.3. The highest BCUT2D eigenvalue weighted by Crippen LogP contribution is 2.32. The van der Waals surface area contributed by atoms with E-state index >= 15 is 0 Å². The first-order valence-corrected chi connectivity index (χ1v) is 10.7. The van der Waals surface area contributed by atoms with E-state index in [1.807, 2.05) is 55.3 Å². The Morgan fingerprint density at radius 2 is 1.77 bits per heavy atom. The van der Waals surface area contributed by atoms with Crippen LogP contribution >= 0.6 is 0 Å². The van der Waals surface area contributed by atoms with E-state index < -0.39 is 5.97 Å². The molecule has 1 fully saturated rings. The second-order valence-electron chi connectivity index (χ2n) is 7.14. The van der Waals surface area contributed by atoms with Gasteiger partial charge in [-0.25, -0.2) is 19.8 Å².